The zero-order valence-electron chi connectivity index (χ0n) is 11.0. The average Bonchev–Trinajstić information content (AvgIpc) is 2.83. The van der Waals surface area contributed by atoms with Crippen LogP contribution in [-0.4, -0.2) is 30.8 Å². The summed E-state index contributed by atoms with van der Waals surface area (Å²) in [5.41, 5.74) is 1.15. The van der Waals surface area contributed by atoms with E-state index in [2.05, 4.69) is 9.97 Å². The molecule has 0 amide bonds. The van der Waals surface area contributed by atoms with Gasteiger partial charge in [-0.3, -0.25) is 9.55 Å². The summed E-state index contributed by atoms with van der Waals surface area (Å²) in [5, 5.41) is 17.1. The summed E-state index contributed by atoms with van der Waals surface area (Å²) < 4.78 is 1.31. The van der Waals surface area contributed by atoms with Crippen molar-refractivity contribution in [1.82, 2.24) is 14.5 Å². The maximum absolute atomic E-state index is 12.0. The minimum Gasteiger partial charge on any atom is -0.478 e. The van der Waals surface area contributed by atoms with Gasteiger partial charge in [0.15, 0.2) is 5.34 Å². The average molecular weight is 302 g/mol. The quantitative estimate of drug-likeness (QED) is 0.485. The Balaban J connectivity index is 0.000000545. The van der Waals surface area contributed by atoms with Gasteiger partial charge in [-0.25, -0.2) is 9.59 Å². The van der Waals surface area contributed by atoms with Gasteiger partial charge in [0.1, 0.15) is 0 Å². The molecule has 0 saturated carbocycles. The second kappa shape index (κ2) is 6.31. The number of aromatic carboxylic acids is 1. The normalized spacial score (nSPS) is 9.82. The third-order valence-electron chi connectivity index (χ3n) is 2.86. The van der Waals surface area contributed by atoms with E-state index < -0.39 is 11.7 Å². The van der Waals surface area contributed by atoms with Crippen LogP contribution in [0.4, 0.5) is 0 Å². The molecule has 0 spiro atoms. The summed E-state index contributed by atoms with van der Waals surface area (Å²) in [6.07, 6.45) is 2.75. The van der Waals surface area contributed by atoms with Crippen molar-refractivity contribution in [1.29, 1.82) is 0 Å². The van der Waals surface area contributed by atoms with Gasteiger partial charge in [0.05, 0.1) is 28.5 Å². The predicted molar refractivity (Wildman–Crippen MR) is 76.2 cm³/mol. The van der Waals surface area contributed by atoms with Gasteiger partial charge in [0.2, 0.25) is 0 Å². The number of rotatable bonds is 2. The number of para-hydroxylation sites is 2. The maximum Gasteiger partial charge on any atom is 0.337 e. The van der Waals surface area contributed by atoms with Gasteiger partial charge in [-0.1, -0.05) is 12.1 Å². The number of carbonyl (C=O) groups is 1. The van der Waals surface area contributed by atoms with Crippen LogP contribution >= 0.6 is 0 Å². The molecule has 0 aliphatic rings. The third kappa shape index (κ3) is 2.68. The van der Waals surface area contributed by atoms with Crippen molar-refractivity contribution in [2.75, 3.05) is 0 Å². The van der Waals surface area contributed by atoms with Crippen LogP contribution in [0.15, 0.2) is 52.9 Å². The summed E-state index contributed by atoms with van der Waals surface area (Å²) in [5.74, 6) is -1.10. The van der Waals surface area contributed by atoms with E-state index in [0.717, 1.165) is 0 Å². The number of pyridine rings is 1. The monoisotopic (exact) mass is 302 g/mol. The molecule has 0 unspecified atom stereocenters. The predicted octanol–water partition coefficient (Wildman–Crippen LogP) is 1.55. The lowest BCUT2D eigenvalue weighted by Crippen LogP contribution is -2.17. The molecule has 3 N–H and O–H groups in total. The minimum atomic E-state index is -1.10. The molecule has 9 heteroatoms. The SMILES string of the molecule is O=C(O)c1ccncc1-n1c(=O)[nH]c2ccccc21.O=NO. The lowest BCUT2D eigenvalue weighted by molar-refractivity contribution is 0.0697. The van der Waals surface area contributed by atoms with Gasteiger partial charge in [-0.2, -0.15) is 0 Å². The first-order chi connectivity index (χ1) is 10.6. The molecule has 2 aromatic heterocycles. The smallest absolute Gasteiger partial charge is 0.337 e. The molecule has 0 aliphatic heterocycles. The summed E-state index contributed by atoms with van der Waals surface area (Å²) in [4.78, 5) is 37.9. The molecule has 0 aliphatic carbocycles. The first kappa shape index (κ1) is 14.9. The van der Waals surface area contributed by atoms with Crippen molar-refractivity contribution < 1.29 is 15.1 Å². The summed E-state index contributed by atoms with van der Waals surface area (Å²) in [6.45, 7) is 0. The van der Waals surface area contributed by atoms with E-state index in [-0.39, 0.29) is 11.3 Å². The van der Waals surface area contributed by atoms with Crippen LogP contribution in [0, 0.1) is 4.91 Å². The number of imidazole rings is 1. The van der Waals surface area contributed by atoms with Crippen molar-refractivity contribution in [3.8, 4) is 5.69 Å². The lowest BCUT2D eigenvalue weighted by Gasteiger charge is -2.06. The van der Waals surface area contributed by atoms with E-state index in [0.29, 0.717) is 11.0 Å². The molecule has 1 aromatic carbocycles. The number of nitrogens with zero attached hydrogens (tertiary/aromatic N) is 3. The van der Waals surface area contributed by atoms with Gasteiger partial charge >= 0.3 is 11.7 Å². The Bertz CT molecular complexity index is 883. The van der Waals surface area contributed by atoms with Crippen molar-refractivity contribution in [2.24, 2.45) is 5.34 Å². The van der Waals surface area contributed by atoms with Gasteiger partial charge < -0.3 is 15.3 Å². The van der Waals surface area contributed by atoms with Crippen molar-refractivity contribution in [3.05, 3.63) is 63.7 Å². The molecule has 9 nitrogen and oxygen atoms in total. The summed E-state index contributed by atoms with van der Waals surface area (Å²) >= 11 is 0. The fraction of sp³-hybridized carbons (Fsp3) is 0. The van der Waals surface area contributed by atoms with Crippen molar-refractivity contribution >= 4 is 17.0 Å². The molecule has 22 heavy (non-hydrogen) atoms. The van der Waals surface area contributed by atoms with Crippen LogP contribution in [0.25, 0.3) is 16.7 Å². The number of aromatic amines is 1. The highest BCUT2D eigenvalue weighted by Crippen LogP contribution is 2.17. The largest absolute Gasteiger partial charge is 0.478 e. The Morgan fingerprint density at radius 3 is 2.64 bits per heavy atom. The molecule has 0 saturated heterocycles. The Morgan fingerprint density at radius 2 is 1.95 bits per heavy atom. The van der Waals surface area contributed by atoms with E-state index in [1.54, 1.807) is 24.3 Å². The lowest BCUT2D eigenvalue weighted by atomic mass is 10.2. The molecular formula is C13H10N4O5. The number of hydrogen-bond acceptors (Lipinski definition) is 5. The first-order valence-corrected chi connectivity index (χ1v) is 5.94. The fourth-order valence-corrected chi connectivity index (χ4v) is 2.04. The van der Waals surface area contributed by atoms with Gasteiger partial charge in [-0.15, -0.1) is 4.91 Å². The molecule has 3 aromatic rings. The number of carboxylic acids is 1. The molecular weight excluding hydrogens is 292 g/mol. The highest BCUT2D eigenvalue weighted by molar-refractivity contribution is 5.92. The first-order valence-electron chi connectivity index (χ1n) is 5.94. The Hall–Kier alpha value is -3.49. The van der Waals surface area contributed by atoms with Gasteiger partial charge in [0, 0.05) is 6.20 Å². The van der Waals surface area contributed by atoms with E-state index in [1.165, 1.54) is 28.4 Å². The van der Waals surface area contributed by atoms with Crippen LogP contribution in [0.1, 0.15) is 10.4 Å². The van der Waals surface area contributed by atoms with E-state index in [1.807, 2.05) is 0 Å². The molecule has 3 rings (SSSR count). The van der Waals surface area contributed by atoms with E-state index >= 15 is 0 Å². The molecule has 0 fully saturated rings. The van der Waals surface area contributed by atoms with E-state index in [9.17, 15) is 14.7 Å². The van der Waals surface area contributed by atoms with Crippen LogP contribution in [0.2, 0.25) is 0 Å². The number of aromatic nitrogens is 3. The number of benzene rings is 1. The zero-order chi connectivity index (χ0) is 16.1. The number of H-pyrrole nitrogens is 1. The second-order valence-corrected chi connectivity index (χ2v) is 4.06. The molecule has 0 bridgehead atoms. The van der Waals surface area contributed by atoms with Crippen LogP contribution < -0.4 is 5.69 Å². The van der Waals surface area contributed by atoms with Gasteiger partial charge in [0.25, 0.3) is 0 Å². The van der Waals surface area contributed by atoms with Crippen LogP contribution in [-0.2, 0) is 0 Å². The number of hydrogen-bond donors (Lipinski definition) is 3. The standard InChI is InChI=1S/C13H9N3O3.HNO2/c17-12(18)8-5-6-14-7-11(8)16-10-4-2-1-3-9(10)15-13(16)19;2-1-3/h1-7H,(H,15,19)(H,17,18);(H,2,3). The van der Waals surface area contributed by atoms with Crippen LogP contribution in [0.3, 0.4) is 0 Å². The molecule has 0 radical (unpaired) electrons. The Morgan fingerprint density at radius 1 is 1.27 bits per heavy atom. The molecule has 112 valence electrons. The topological polar surface area (TPSA) is 138 Å². The number of nitrogens with one attached hydrogen (secondary N) is 1. The van der Waals surface area contributed by atoms with Crippen molar-refractivity contribution in [2.45, 2.75) is 0 Å². The number of carboxylic acid groups (broad SMARTS) is 1. The molecule has 2 heterocycles. The zero-order valence-corrected chi connectivity index (χ0v) is 11.0. The highest BCUT2D eigenvalue weighted by Gasteiger charge is 2.15. The highest BCUT2D eigenvalue weighted by atomic mass is 16.6. The Kier molecular flexibility index (Phi) is 4.27. The van der Waals surface area contributed by atoms with Crippen molar-refractivity contribution in [3.63, 3.8) is 0 Å². The minimum absolute atomic E-state index is 0.0295. The maximum atomic E-state index is 12.0. The Labute approximate surface area is 122 Å². The number of fused-ring (bicyclic) bond motifs is 1. The third-order valence-corrected chi connectivity index (χ3v) is 2.86. The summed E-state index contributed by atoms with van der Waals surface area (Å²) in [6, 6.07) is 8.44. The van der Waals surface area contributed by atoms with Gasteiger partial charge in [-0.05, 0) is 18.2 Å². The summed E-state index contributed by atoms with van der Waals surface area (Å²) in [7, 11) is 0. The fourth-order valence-electron chi connectivity index (χ4n) is 2.04. The van der Waals surface area contributed by atoms with Crippen LogP contribution in [0.5, 0.6) is 0 Å². The second-order valence-electron chi connectivity index (χ2n) is 4.06. The molecule has 0 atom stereocenters. The van der Waals surface area contributed by atoms with E-state index in [4.69, 9.17) is 10.1 Å².